The maximum Gasteiger partial charge on any atom is 0.416 e. The van der Waals surface area contributed by atoms with Crippen LogP contribution in [-0.4, -0.2) is 27.3 Å². The molecule has 0 amide bonds. The summed E-state index contributed by atoms with van der Waals surface area (Å²) in [6.45, 7) is 0. The van der Waals surface area contributed by atoms with Crippen molar-refractivity contribution in [3.05, 3.63) is 0 Å². The first-order chi connectivity index (χ1) is 2.94. The zero-order valence-electron chi connectivity index (χ0n) is 3.13. The number of carboxylic acid groups (broad SMARTS) is 1. The Bertz CT molecular complexity index is 82.2. The third-order valence-electron chi connectivity index (χ3n) is 0.272. The second-order valence-electron chi connectivity index (χ2n) is 0.892. The second-order valence-corrected chi connectivity index (χ2v) is 0.892. The van der Waals surface area contributed by atoms with Gasteiger partial charge >= 0.3 is 12.0 Å². The van der Waals surface area contributed by atoms with Crippen molar-refractivity contribution in [2.45, 2.75) is 6.04 Å². The minimum Gasteiger partial charge on any atom is -0.475 e. The molecular weight excluding hydrogens is 107 g/mol. The number of carbonyl (C=O) groups is 1. The summed E-state index contributed by atoms with van der Waals surface area (Å²) in [5.41, 5.74) is 0. The average molecular weight is 110 g/mol. The van der Waals surface area contributed by atoms with Gasteiger partial charge in [0.1, 0.15) is 0 Å². The van der Waals surface area contributed by atoms with Crippen molar-refractivity contribution in [3.63, 3.8) is 0 Å². The van der Waals surface area contributed by atoms with E-state index in [0.717, 1.165) is 0 Å². The topological polar surface area (TPSA) is 77.8 Å². The molecule has 7 heavy (non-hydrogen) atoms. The number of rotatable bonds is 1. The van der Waals surface area contributed by atoms with E-state index in [0.29, 0.717) is 0 Å². The molecule has 0 fully saturated rings. The first-order valence-corrected chi connectivity index (χ1v) is 1.31. The molecule has 42 valence electrons. The van der Waals surface area contributed by atoms with Gasteiger partial charge in [0.05, 0.1) is 0 Å². The minimum absolute atomic E-state index is 2.31. The maximum atomic E-state index is 11.0. The zero-order valence-corrected chi connectivity index (χ0v) is 3.13. The first-order valence-electron chi connectivity index (χ1n) is 1.31. The molecule has 0 aliphatic heterocycles. The Morgan fingerprint density at radius 3 is 1.71 bits per heavy atom. The van der Waals surface area contributed by atoms with E-state index in [1.54, 1.807) is 0 Å². The summed E-state index contributed by atoms with van der Waals surface area (Å²) in [5, 5.41) is 22.1. The van der Waals surface area contributed by atoms with E-state index >= 15 is 0 Å². The van der Waals surface area contributed by atoms with Gasteiger partial charge in [-0.2, -0.15) is 4.39 Å². The highest BCUT2D eigenvalue weighted by molar-refractivity contribution is 5.72. The highest BCUT2D eigenvalue weighted by Crippen LogP contribution is 1.97. The number of hydrogen-bond donors (Lipinski definition) is 3. The van der Waals surface area contributed by atoms with Crippen molar-refractivity contribution in [1.82, 2.24) is 0 Å². The van der Waals surface area contributed by atoms with E-state index < -0.39 is 12.0 Å². The molecule has 4 nitrogen and oxygen atoms in total. The Morgan fingerprint density at radius 1 is 1.57 bits per heavy atom. The quantitative estimate of drug-likeness (QED) is 0.366. The van der Waals surface area contributed by atoms with Crippen LogP contribution in [0, 0.1) is 0 Å². The monoisotopic (exact) mass is 110 g/mol. The van der Waals surface area contributed by atoms with Gasteiger partial charge in [0.2, 0.25) is 0 Å². The molecule has 5 heteroatoms. The lowest BCUT2D eigenvalue weighted by Gasteiger charge is -2.00. The zero-order chi connectivity index (χ0) is 6.08. The van der Waals surface area contributed by atoms with Gasteiger partial charge in [-0.05, 0) is 0 Å². The van der Waals surface area contributed by atoms with Crippen LogP contribution >= 0.6 is 0 Å². The molecule has 0 saturated carbocycles. The lowest BCUT2D eigenvalue weighted by molar-refractivity contribution is -0.259. The maximum absolute atomic E-state index is 11.0. The third kappa shape index (κ3) is 2.07. The fourth-order valence-corrected chi connectivity index (χ4v) is 0. The number of hydrogen-bond acceptors (Lipinski definition) is 3. The van der Waals surface area contributed by atoms with Crippen molar-refractivity contribution in [1.29, 1.82) is 0 Å². The first kappa shape index (κ1) is 6.32. The van der Waals surface area contributed by atoms with Gasteiger partial charge in [-0.25, -0.2) is 4.79 Å². The Labute approximate surface area is 37.8 Å². The molecule has 0 aromatic rings. The third-order valence-corrected chi connectivity index (χ3v) is 0.272. The van der Waals surface area contributed by atoms with Crippen molar-refractivity contribution < 1.29 is 24.5 Å². The van der Waals surface area contributed by atoms with Gasteiger partial charge in [-0.15, -0.1) is 0 Å². The molecule has 0 spiro atoms. The lowest BCUT2D eigenvalue weighted by Crippen LogP contribution is -2.32. The fraction of sp³-hybridized carbons (Fsp3) is 0.500. The van der Waals surface area contributed by atoms with Gasteiger partial charge in [0.15, 0.2) is 0 Å². The minimum atomic E-state index is -4.08. The number of halogens is 1. The van der Waals surface area contributed by atoms with Crippen LogP contribution in [-0.2, 0) is 4.79 Å². The summed E-state index contributed by atoms with van der Waals surface area (Å²) in [6, 6.07) is -4.08. The fourth-order valence-electron chi connectivity index (χ4n) is 0. The standard InChI is InChI=1S/C2H3FO4/c3-2(6,7)1(4)5/h6-7H,(H,4,5). The van der Waals surface area contributed by atoms with E-state index in [2.05, 4.69) is 0 Å². The summed E-state index contributed by atoms with van der Waals surface area (Å²) < 4.78 is 11.0. The summed E-state index contributed by atoms with van der Waals surface area (Å²) in [6.07, 6.45) is 0. The molecule has 0 unspecified atom stereocenters. The predicted molar refractivity (Wildman–Crippen MR) is 15.9 cm³/mol. The van der Waals surface area contributed by atoms with Crippen LogP contribution in [0.1, 0.15) is 0 Å². The average Bonchev–Trinajstić information content (AvgIpc) is 1.31. The Kier molecular flexibility index (Phi) is 1.29. The number of aliphatic hydroxyl groups is 2. The van der Waals surface area contributed by atoms with E-state index in [-0.39, 0.29) is 0 Å². The molecule has 3 N–H and O–H groups in total. The van der Waals surface area contributed by atoms with Crippen LogP contribution in [0.25, 0.3) is 0 Å². The molecule has 0 saturated heterocycles. The van der Waals surface area contributed by atoms with Gasteiger partial charge in [0, 0.05) is 0 Å². The molecule has 0 aliphatic rings. The van der Waals surface area contributed by atoms with Crippen LogP contribution in [0.4, 0.5) is 4.39 Å². The van der Waals surface area contributed by atoms with Crippen LogP contribution in [0.15, 0.2) is 0 Å². The molecule has 0 heterocycles. The molecule has 0 bridgehead atoms. The molecule has 0 aliphatic carbocycles. The molecule has 0 rings (SSSR count). The van der Waals surface area contributed by atoms with E-state index in [4.69, 9.17) is 20.1 Å². The smallest absolute Gasteiger partial charge is 0.416 e. The van der Waals surface area contributed by atoms with Crippen LogP contribution in [0.3, 0.4) is 0 Å². The van der Waals surface area contributed by atoms with Crippen molar-refractivity contribution >= 4 is 5.97 Å². The normalized spacial score (nSPS) is 11.3. The van der Waals surface area contributed by atoms with E-state index in [1.807, 2.05) is 0 Å². The van der Waals surface area contributed by atoms with E-state index in [9.17, 15) is 4.39 Å². The number of alkyl halides is 1. The lowest BCUT2D eigenvalue weighted by atomic mass is 10.6. The highest BCUT2D eigenvalue weighted by atomic mass is 19.2. The van der Waals surface area contributed by atoms with Gasteiger partial charge < -0.3 is 15.3 Å². The highest BCUT2D eigenvalue weighted by Gasteiger charge is 2.31. The molecule has 0 radical (unpaired) electrons. The van der Waals surface area contributed by atoms with Crippen molar-refractivity contribution in [2.75, 3.05) is 0 Å². The van der Waals surface area contributed by atoms with Crippen molar-refractivity contribution in [2.24, 2.45) is 0 Å². The number of aliphatic carboxylic acids is 1. The molecule has 0 aromatic heterocycles. The predicted octanol–water partition coefficient (Wildman–Crippen LogP) is -1.32. The van der Waals surface area contributed by atoms with Crippen molar-refractivity contribution in [3.8, 4) is 0 Å². The van der Waals surface area contributed by atoms with Gasteiger partial charge in [-0.1, -0.05) is 0 Å². The van der Waals surface area contributed by atoms with Crippen LogP contribution in [0.2, 0.25) is 0 Å². The number of carboxylic acids is 1. The SMILES string of the molecule is O=C(O)C(O)(O)F. The Hall–Kier alpha value is -0.680. The Balaban J connectivity index is 3.79. The van der Waals surface area contributed by atoms with Gasteiger partial charge in [0.25, 0.3) is 0 Å². The van der Waals surface area contributed by atoms with Gasteiger partial charge in [-0.3, -0.25) is 0 Å². The molecular formula is C2H3FO4. The Morgan fingerprint density at radius 2 is 1.71 bits per heavy atom. The second kappa shape index (κ2) is 1.43. The van der Waals surface area contributed by atoms with Crippen LogP contribution in [0.5, 0.6) is 0 Å². The largest absolute Gasteiger partial charge is 0.475 e. The summed E-state index contributed by atoms with van der Waals surface area (Å²) in [5.74, 6) is -2.31. The molecule has 0 aromatic carbocycles. The summed E-state index contributed by atoms with van der Waals surface area (Å²) >= 11 is 0. The van der Waals surface area contributed by atoms with E-state index in [1.165, 1.54) is 0 Å². The summed E-state index contributed by atoms with van der Waals surface area (Å²) in [7, 11) is 0. The van der Waals surface area contributed by atoms with Crippen LogP contribution < -0.4 is 0 Å². The molecule has 0 atom stereocenters. The summed E-state index contributed by atoms with van der Waals surface area (Å²) in [4.78, 5) is 9.15.